The number of nitrogens with zero attached hydrogens (tertiary/aromatic N) is 4. The highest BCUT2D eigenvalue weighted by Crippen LogP contribution is 2.67. The van der Waals surface area contributed by atoms with E-state index in [0.29, 0.717) is 29.1 Å². The molecule has 4 fully saturated rings. The Balaban J connectivity index is 1.05. The summed E-state index contributed by atoms with van der Waals surface area (Å²) in [6.45, 7) is 14.1. The smallest absolute Gasteiger partial charge is 0.222 e. The van der Waals surface area contributed by atoms with E-state index in [9.17, 15) is 9.90 Å². The summed E-state index contributed by atoms with van der Waals surface area (Å²) in [7, 11) is 0. The van der Waals surface area contributed by atoms with Gasteiger partial charge in [-0.05, 0) is 118 Å². The molecule has 6 nitrogen and oxygen atoms in total. The van der Waals surface area contributed by atoms with Crippen LogP contribution in [0.5, 0.6) is 0 Å². The van der Waals surface area contributed by atoms with Gasteiger partial charge >= 0.3 is 0 Å². The molecule has 220 valence electrons. The van der Waals surface area contributed by atoms with Crippen molar-refractivity contribution in [2.75, 3.05) is 24.5 Å². The number of aromatic nitrogens is 2. The van der Waals surface area contributed by atoms with E-state index in [-0.39, 0.29) is 12.1 Å². The van der Waals surface area contributed by atoms with Crippen LogP contribution in [-0.2, 0) is 4.79 Å². The van der Waals surface area contributed by atoms with E-state index in [2.05, 4.69) is 53.5 Å². The Morgan fingerprint density at radius 2 is 1.98 bits per heavy atom. The summed E-state index contributed by atoms with van der Waals surface area (Å²) in [4.78, 5) is 26.6. The highest BCUT2D eigenvalue weighted by molar-refractivity contribution is 5.76. The number of hydrogen-bond acceptors (Lipinski definition) is 5. The molecule has 0 aromatic carbocycles. The van der Waals surface area contributed by atoms with Crippen LogP contribution in [0, 0.1) is 47.3 Å². The fourth-order valence-corrected chi connectivity index (χ4v) is 10.5. The number of anilines is 1. The van der Waals surface area contributed by atoms with Crippen molar-refractivity contribution in [3.63, 3.8) is 0 Å². The van der Waals surface area contributed by atoms with Gasteiger partial charge in [-0.2, -0.15) is 0 Å². The number of carbonyl (C=O) groups excluding carboxylic acids is 1. The first-order valence-electron chi connectivity index (χ1n) is 16.3. The number of rotatable bonds is 5. The van der Waals surface area contributed by atoms with Crippen molar-refractivity contribution in [1.29, 1.82) is 0 Å². The molecule has 5 aliphatic rings. The Labute approximate surface area is 242 Å². The second kappa shape index (κ2) is 10.7. The Bertz CT molecular complexity index is 1140. The van der Waals surface area contributed by atoms with Gasteiger partial charge < -0.3 is 14.9 Å². The summed E-state index contributed by atoms with van der Waals surface area (Å²) in [6.07, 6.45) is 15.6. The van der Waals surface area contributed by atoms with Crippen LogP contribution in [0.3, 0.4) is 0 Å². The second-order valence-corrected chi connectivity index (χ2v) is 14.7. The third kappa shape index (κ3) is 4.80. The molecule has 0 bridgehead atoms. The van der Waals surface area contributed by atoms with Crippen molar-refractivity contribution in [3.05, 3.63) is 29.7 Å². The molecule has 1 aliphatic heterocycles. The third-order valence-electron chi connectivity index (χ3n) is 12.7. The molecule has 40 heavy (non-hydrogen) atoms. The Hall–Kier alpha value is -1.95. The molecule has 6 rings (SSSR count). The SMILES string of the molecule is Cc1nccc(N2CCN(C(=O)CCC(C)[C@H]3CC[C@H]4[C@@H]5CC=C6C[C@@H](O)CC[C@]6(C)[C@H]5CC[C@]34C)C[C@@H]2C)n1. The first-order chi connectivity index (χ1) is 19.1. The Morgan fingerprint density at radius 3 is 2.75 bits per heavy atom. The molecule has 1 aromatic rings. The largest absolute Gasteiger partial charge is 0.393 e. The molecule has 6 heteroatoms. The van der Waals surface area contributed by atoms with Gasteiger partial charge in [0.25, 0.3) is 0 Å². The van der Waals surface area contributed by atoms with Gasteiger partial charge in [0, 0.05) is 38.3 Å². The molecule has 1 aromatic heterocycles. The lowest BCUT2D eigenvalue weighted by Crippen LogP contribution is -2.54. The minimum atomic E-state index is -0.126. The summed E-state index contributed by atoms with van der Waals surface area (Å²) in [5.41, 5.74) is 2.29. The van der Waals surface area contributed by atoms with Crippen molar-refractivity contribution < 1.29 is 9.90 Å². The van der Waals surface area contributed by atoms with E-state index in [1.165, 1.54) is 32.1 Å². The zero-order valence-corrected chi connectivity index (χ0v) is 25.6. The highest BCUT2D eigenvalue weighted by Gasteiger charge is 2.59. The Morgan fingerprint density at radius 1 is 1.15 bits per heavy atom. The molecule has 9 atom stereocenters. The molecule has 1 unspecified atom stereocenters. The molecule has 0 spiro atoms. The number of carbonyl (C=O) groups is 1. The normalized spacial score (nSPS) is 40.1. The van der Waals surface area contributed by atoms with E-state index in [1.54, 1.807) is 5.57 Å². The molecule has 0 radical (unpaired) electrons. The monoisotopic (exact) mass is 548 g/mol. The van der Waals surface area contributed by atoms with Gasteiger partial charge in [-0.25, -0.2) is 9.97 Å². The summed E-state index contributed by atoms with van der Waals surface area (Å²) >= 11 is 0. The molecule has 1 amide bonds. The molecular weight excluding hydrogens is 496 g/mol. The van der Waals surface area contributed by atoms with Crippen molar-refractivity contribution in [3.8, 4) is 0 Å². The predicted octanol–water partition coefficient (Wildman–Crippen LogP) is 6.18. The van der Waals surface area contributed by atoms with Crippen molar-refractivity contribution in [2.45, 2.75) is 111 Å². The first-order valence-corrected chi connectivity index (χ1v) is 16.3. The fraction of sp³-hybridized carbons (Fsp3) is 0.794. The number of allylic oxidation sites excluding steroid dienone is 1. The third-order valence-corrected chi connectivity index (χ3v) is 12.7. The van der Waals surface area contributed by atoms with Gasteiger partial charge in [0.05, 0.1) is 6.10 Å². The number of fused-ring (bicyclic) bond motifs is 5. The van der Waals surface area contributed by atoms with Crippen molar-refractivity contribution in [1.82, 2.24) is 14.9 Å². The van der Waals surface area contributed by atoms with Crippen molar-refractivity contribution in [2.24, 2.45) is 40.4 Å². The van der Waals surface area contributed by atoms with Crippen LogP contribution in [0.4, 0.5) is 5.82 Å². The molecule has 1 saturated heterocycles. The minimum Gasteiger partial charge on any atom is -0.393 e. The molecular formula is C34H52N4O2. The maximum atomic E-state index is 13.4. The van der Waals surface area contributed by atoms with Crippen LogP contribution >= 0.6 is 0 Å². The van der Waals surface area contributed by atoms with Gasteiger partial charge in [-0.15, -0.1) is 0 Å². The fourth-order valence-electron chi connectivity index (χ4n) is 10.5. The summed E-state index contributed by atoms with van der Waals surface area (Å²) in [5, 5.41) is 10.3. The van der Waals surface area contributed by atoms with Crippen LogP contribution in [-0.4, -0.2) is 57.7 Å². The number of hydrogen-bond donors (Lipinski definition) is 1. The Kier molecular flexibility index (Phi) is 7.55. The van der Waals surface area contributed by atoms with Crippen LogP contribution < -0.4 is 4.90 Å². The quantitative estimate of drug-likeness (QED) is 0.445. The lowest BCUT2D eigenvalue weighted by molar-refractivity contribution is -0.132. The number of aliphatic hydroxyl groups excluding tert-OH is 1. The second-order valence-electron chi connectivity index (χ2n) is 14.7. The number of aliphatic hydroxyl groups is 1. The maximum absolute atomic E-state index is 13.4. The van der Waals surface area contributed by atoms with Crippen LogP contribution in [0.2, 0.25) is 0 Å². The van der Waals surface area contributed by atoms with Crippen LogP contribution in [0.15, 0.2) is 23.9 Å². The average Bonchev–Trinajstić information content (AvgIpc) is 3.29. The average molecular weight is 549 g/mol. The van der Waals surface area contributed by atoms with E-state index in [1.807, 2.05) is 19.2 Å². The molecule has 1 N–H and O–H groups in total. The van der Waals surface area contributed by atoms with Gasteiger partial charge in [-0.3, -0.25) is 4.79 Å². The number of aryl methyl sites for hydroxylation is 1. The van der Waals surface area contributed by atoms with Gasteiger partial charge in [-0.1, -0.05) is 32.4 Å². The standard InChI is InChI=1S/C34H52N4O2/c1-22(6-11-32(40)37-18-19-38(23(2)21-37)31-14-17-35-24(3)36-31)28-9-10-29-27-8-7-25-20-26(39)12-15-33(25,4)30(27)13-16-34(28,29)5/h7,14,17,22-23,26-30,39H,6,8-13,15-16,18-21H2,1-5H3/t22?,23-,26-,27-,28+,29-,30-,33-,34+/m0/s1. The van der Waals surface area contributed by atoms with Crippen molar-refractivity contribution >= 4 is 11.7 Å². The van der Waals surface area contributed by atoms with E-state index in [0.717, 1.165) is 80.6 Å². The predicted molar refractivity (Wildman–Crippen MR) is 160 cm³/mol. The van der Waals surface area contributed by atoms with Gasteiger partial charge in [0.1, 0.15) is 11.6 Å². The zero-order valence-electron chi connectivity index (χ0n) is 25.6. The van der Waals surface area contributed by atoms with Gasteiger partial charge in [0.2, 0.25) is 5.91 Å². The maximum Gasteiger partial charge on any atom is 0.222 e. The van der Waals surface area contributed by atoms with Crippen LogP contribution in [0.25, 0.3) is 0 Å². The van der Waals surface area contributed by atoms with Crippen LogP contribution in [0.1, 0.15) is 97.7 Å². The summed E-state index contributed by atoms with van der Waals surface area (Å²) in [5.74, 6) is 5.83. The number of amides is 1. The molecule has 4 aliphatic carbocycles. The number of piperazine rings is 1. The van der Waals surface area contributed by atoms with E-state index in [4.69, 9.17) is 0 Å². The first kappa shape index (κ1) is 28.2. The van der Waals surface area contributed by atoms with E-state index >= 15 is 0 Å². The molecule has 3 saturated carbocycles. The summed E-state index contributed by atoms with van der Waals surface area (Å²) < 4.78 is 0. The van der Waals surface area contributed by atoms with Gasteiger partial charge in [0.15, 0.2) is 0 Å². The zero-order chi connectivity index (χ0) is 28.2. The molecule has 2 heterocycles. The lowest BCUT2D eigenvalue weighted by Gasteiger charge is -2.58. The topological polar surface area (TPSA) is 69.6 Å². The minimum absolute atomic E-state index is 0.126. The van der Waals surface area contributed by atoms with E-state index < -0.39 is 0 Å². The lowest BCUT2D eigenvalue weighted by atomic mass is 9.47. The summed E-state index contributed by atoms with van der Waals surface area (Å²) in [6, 6.07) is 2.24. The highest BCUT2D eigenvalue weighted by atomic mass is 16.3.